The van der Waals surface area contributed by atoms with E-state index < -0.39 is 5.97 Å². The maximum Gasteiger partial charge on any atom is 0.305 e. The van der Waals surface area contributed by atoms with Crippen LogP contribution in [0.3, 0.4) is 0 Å². The lowest BCUT2D eigenvalue weighted by molar-refractivity contribution is -0.137. The summed E-state index contributed by atoms with van der Waals surface area (Å²) in [5, 5.41) is 13.5. The van der Waals surface area contributed by atoms with Crippen LogP contribution in [-0.4, -0.2) is 57.5 Å². The largest absolute Gasteiger partial charge is 0.481 e. The number of carbonyl (C=O) groups is 2. The lowest BCUT2D eigenvalue weighted by Gasteiger charge is -2.23. The third-order valence-corrected chi connectivity index (χ3v) is 4.87. The van der Waals surface area contributed by atoms with Gasteiger partial charge in [-0.15, -0.1) is 0 Å². The first-order chi connectivity index (χ1) is 12.4. The molecular weight excluding hydrogens is 334 g/mol. The second-order valence-corrected chi connectivity index (χ2v) is 6.70. The van der Waals surface area contributed by atoms with E-state index >= 15 is 0 Å². The van der Waals surface area contributed by atoms with E-state index in [1.807, 2.05) is 38.1 Å². The summed E-state index contributed by atoms with van der Waals surface area (Å²) in [5.74, 6) is -1.12. The van der Waals surface area contributed by atoms with Crippen molar-refractivity contribution in [2.24, 2.45) is 0 Å². The van der Waals surface area contributed by atoms with E-state index in [1.54, 1.807) is 22.9 Å². The zero-order valence-corrected chi connectivity index (χ0v) is 15.2. The van der Waals surface area contributed by atoms with Gasteiger partial charge >= 0.3 is 5.97 Å². The summed E-state index contributed by atoms with van der Waals surface area (Å²) in [6.07, 6.45) is 1.85. The Kier molecular flexibility index (Phi) is 5.08. The van der Waals surface area contributed by atoms with Crippen LogP contribution >= 0.6 is 0 Å². The van der Waals surface area contributed by atoms with Crippen LogP contribution in [0.2, 0.25) is 0 Å². The molecule has 0 aliphatic carbocycles. The minimum Gasteiger partial charge on any atom is -0.481 e. The van der Waals surface area contributed by atoms with Gasteiger partial charge < -0.3 is 14.7 Å². The van der Waals surface area contributed by atoms with E-state index in [-0.39, 0.29) is 24.5 Å². The molecule has 2 heterocycles. The number of carbonyl (C=O) groups excluding carboxylic acids is 1. The number of aromatic nitrogens is 2. The van der Waals surface area contributed by atoms with Crippen molar-refractivity contribution in [1.82, 2.24) is 14.7 Å². The Morgan fingerprint density at radius 2 is 2.12 bits per heavy atom. The third-order valence-electron chi connectivity index (χ3n) is 4.87. The highest BCUT2D eigenvalue weighted by Gasteiger charge is 2.37. The number of benzene rings is 1. The quantitative estimate of drug-likeness (QED) is 0.887. The molecule has 1 saturated heterocycles. The molecular formula is C19H23N3O4. The van der Waals surface area contributed by atoms with Crippen molar-refractivity contribution in [3.63, 3.8) is 0 Å². The standard InChI is InChI=1S/C19H23N3O4/c1-12-5-4-6-14(7-12)22-13(2)17(10-20-22)19(25)21-11-16(26-3)8-15(21)9-18(23)24/h4-7,10,15-16H,8-9,11H2,1-3H3,(H,23,24). The molecule has 7 nitrogen and oxygen atoms in total. The van der Waals surface area contributed by atoms with Crippen LogP contribution in [0.5, 0.6) is 0 Å². The van der Waals surface area contributed by atoms with Gasteiger partial charge in [0.1, 0.15) is 0 Å². The Morgan fingerprint density at radius 1 is 1.35 bits per heavy atom. The molecule has 1 aromatic heterocycles. The Morgan fingerprint density at radius 3 is 2.77 bits per heavy atom. The van der Waals surface area contributed by atoms with E-state index in [0.717, 1.165) is 16.9 Å². The molecule has 3 rings (SSSR count). The number of nitrogens with zero attached hydrogens (tertiary/aromatic N) is 3. The van der Waals surface area contributed by atoms with Gasteiger partial charge in [0.25, 0.3) is 5.91 Å². The average molecular weight is 357 g/mol. The molecule has 1 fully saturated rings. The number of carboxylic acids is 1. The highest BCUT2D eigenvalue weighted by Crippen LogP contribution is 2.26. The summed E-state index contributed by atoms with van der Waals surface area (Å²) in [6, 6.07) is 7.51. The molecule has 1 aliphatic rings. The second-order valence-electron chi connectivity index (χ2n) is 6.70. The summed E-state index contributed by atoms with van der Waals surface area (Å²) in [4.78, 5) is 25.8. The lowest BCUT2D eigenvalue weighted by atomic mass is 10.1. The van der Waals surface area contributed by atoms with E-state index in [4.69, 9.17) is 9.84 Å². The van der Waals surface area contributed by atoms with Crippen molar-refractivity contribution in [2.75, 3.05) is 13.7 Å². The van der Waals surface area contributed by atoms with Crippen molar-refractivity contribution >= 4 is 11.9 Å². The molecule has 138 valence electrons. The Balaban J connectivity index is 1.89. The second kappa shape index (κ2) is 7.29. The van der Waals surface area contributed by atoms with Gasteiger partial charge in [0.05, 0.1) is 35.7 Å². The molecule has 2 atom stereocenters. The number of aliphatic carboxylic acids is 1. The molecule has 1 aliphatic heterocycles. The monoisotopic (exact) mass is 357 g/mol. The molecule has 2 unspecified atom stereocenters. The summed E-state index contributed by atoms with van der Waals surface area (Å²) < 4.78 is 7.08. The fraction of sp³-hybridized carbons (Fsp3) is 0.421. The topological polar surface area (TPSA) is 84.7 Å². The fourth-order valence-electron chi connectivity index (χ4n) is 3.48. The first-order valence-corrected chi connectivity index (χ1v) is 8.58. The van der Waals surface area contributed by atoms with Crippen molar-refractivity contribution in [1.29, 1.82) is 0 Å². The van der Waals surface area contributed by atoms with Gasteiger partial charge in [-0.3, -0.25) is 9.59 Å². The van der Waals surface area contributed by atoms with Crippen molar-refractivity contribution in [3.05, 3.63) is 47.3 Å². The number of likely N-dealkylation sites (tertiary alicyclic amines) is 1. The molecule has 0 bridgehead atoms. The van der Waals surface area contributed by atoms with Gasteiger partial charge in [-0.05, 0) is 38.0 Å². The molecule has 26 heavy (non-hydrogen) atoms. The number of aryl methyl sites for hydroxylation is 1. The minimum absolute atomic E-state index is 0.0866. The van der Waals surface area contributed by atoms with Gasteiger partial charge in [-0.2, -0.15) is 5.10 Å². The van der Waals surface area contributed by atoms with Crippen molar-refractivity contribution in [3.8, 4) is 5.69 Å². The summed E-state index contributed by atoms with van der Waals surface area (Å²) in [7, 11) is 1.58. The van der Waals surface area contributed by atoms with Crippen LogP contribution < -0.4 is 0 Å². The Bertz CT molecular complexity index is 830. The van der Waals surface area contributed by atoms with Gasteiger partial charge in [-0.25, -0.2) is 4.68 Å². The van der Waals surface area contributed by atoms with Crippen LogP contribution in [0.15, 0.2) is 30.5 Å². The summed E-state index contributed by atoms with van der Waals surface area (Å²) in [6.45, 7) is 4.24. The van der Waals surface area contributed by atoms with Crippen LogP contribution in [-0.2, 0) is 9.53 Å². The van der Waals surface area contributed by atoms with E-state index in [1.165, 1.54) is 0 Å². The molecule has 0 radical (unpaired) electrons. The maximum absolute atomic E-state index is 13.1. The van der Waals surface area contributed by atoms with Crippen LogP contribution in [0.1, 0.15) is 34.5 Å². The van der Waals surface area contributed by atoms with Crippen molar-refractivity contribution in [2.45, 2.75) is 38.8 Å². The fourth-order valence-corrected chi connectivity index (χ4v) is 3.48. The molecule has 1 aromatic carbocycles. The molecule has 1 amide bonds. The van der Waals surface area contributed by atoms with Crippen LogP contribution in [0.25, 0.3) is 5.69 Å². The highest BCUT2D eigenvalue weighted by atomic mass is 16.5. The lowest BCUT2D eigenvalue weighted by Crippen LogP contribution is -2.37. The zero-order chi connectivity index (χ0) is 18.8. The number of hydrogen-bond acceptors (Lipinski definition) is 4. The van der Waals surface area contributed by atoms with E-state index in [2.05, 4.69) is 5.10 Å². The predicted octanol–water partition coefficient (Wildman–Crippen LogP) is 2.19. The maximum atomic E-state index is 13.1. The SMILES string of the molecule is COC1CC(CC(=O)O)N(C(=O)c2cnn(-c3cccc(C)c3)c2C)C1. The van der Waals surface area contributed by atoms with E-state index in [9.17, 15) is 9.59 Å². The Labute approximate surface area is 152 Å². The Hall–Kier alpha value is -2.67. The van der Waals surface area contributed by atoms with Gasteiger partial charge in [0.2, 0.25) is 0 Å². The summed E-state index contributed by atoms with van der Waals surface area (Å²) >= 11 is 0. The molecule has 0 saturated carbocycles. The molecule has 1 N–H and O–H groups in total. The third kappa shape index (κ3) is 3.48. The van der Waals surface area contributed by atoms with E-state index in [0.29, 0.717) is 18.5 Å². The van der Waals surface area contributed by atoms with Gasteiger partial charge in [-0.1, -0.05) is 12.1 Å². The molecule has 2 aromatic rings. The zero-order valence-electron chi connectivity index (χ0n) is 15.2. The molecule has 7 heteroatoms. The number of methoxy groups -OCH3 is 1. The van der Waals surface area contributed by atoms with Crippen molar-refractivity contribution < 1.29 is 19.4 Å². The normalized spacial score (nSPS) is 19.7. The average Bonchev–Trinajstić information content (AvgIpc) is 3.17. The number of rotatable bonds is 5. The summed E-state index contributed by atoms with van der Waals surface area (Å²) in [5.41, 5.74) is 3.21. The number of hydrogen-bond donors (Lipinski definition) is 1. The first-order valence-electron chi connectivity index (χ1n) is 8.58. The molecule has 0 spiro atoms. The first kappa shape index (κ1) is 18.1. The number of amides is 1. The predicted molar refractivity (Wildman–Crippen MR) is 95.5 cm³/mol. The number of ether oxygens (including phenoxy) is 1. The number of carboxylic acid groups (broad SMARTS) is 1. The highest BCUT2D eigenvalue weighted by molar-refractivity contribution is 5.96. The smallest absolute Gasteiger partial charge is 0.305 e. The van der Waals surface area contributed by atoms with Crippen LogP contribution in [0.4, 0.5) is 0 Å². The van der Waals surface area contributed by atoms with Gasteiger partial charge in [0, 0.05) is 19.7 Å². The van der Waals surface area contributed by atoms with Gasteiger partial charge in [0.15, 0.2) is 0 Å². The van der Waals surface area contributed by atoms with Crippen LogP contribution in [0, 0.1) is 13.8 Å². The minimum atomic E-state index is -0.920.